The summed E-state index contributed by atoms with van der Waals surface area (Å²) in [6.07, 6.45) is 3.99. The monoisotopic (exact) mass is 815 g/mol. The second kappa shape index (κ2) is 21.0. The average molecular weight is 815 g/mol. The van der Waals surface area contributed by atoms with E-state index in [9.17, 15) is 24.0 Å². The van der Waals surface area contributed by atoms with E-state index in [0.717, 1.165) is 30.6 Å². The van der Waals surface area contributed by atoms with Crippen LogP contribution in [-0.4, -0.2) is 141 Å². The van der Waals surface area contributed by atoms with E-state index in [2.05, 4.69) is 22.0 Å². The van der Waals surface area contributed by atoms with Crippen LogP contribution in [0.2, 0.25) is 0 Å². The number of esters is 1. The van der Waals surface area contributed by atoms with Gasteiger partial charge in [-0.3, -0.25) is 24.1 Å². The largest absolute Gasteiger partial charge is 0.467 e. The molecule has 0 saturated carbocycles. The molecule has 14 nitrogen and oxygen atoms in total. The van der Waals surface area contributed by atoms with E-state index in [1.807, 2.05) is 39.8 Å². The van der Waals surface area contributed by atoms with Crippen LogP contribution < -0.4 is 16.0 Å². The average Bonchev–Trinajstić information content (AvgIpc) is 3.92. The molecule has 0 aliphatic carbocycles. The number of hydrogen-bond donors (Lipinski definition) is 3. The van der Waals surface area contributed by atoms with Gasteiger partial charge >= 0.3 is 5.97 Å². The molecule has 0 aromatic heterocycles. The summed E-state index contributed by atoms with van der Waals surface area (Å²) in [7, 11) is 5.94. The Labute approximate surface area is 349 Å². The van der Waals surface area contributed by atoms with Gasteiger partial charge in [-0.15, -0.1) is 0 Å². The van der Waals surface area contributed by atoms with Crippen molar-refractivity contribution in [2.45, 2.75) is 141 Å². The van der Waals surface area contributed by atoms with Gasteiger partial charge in [-0.05, 0) is 88.0 Å². The third-order valence-corrected chi connectivity index (χ3v) is 12.9. The molecular weight excluding hydrogens is 741 g/mol. The number of ether oxygens (including phenoxy) is 3. The smallest absolute Gasteiger partial charge is 0.328 e. The van der Waals surface area contributed by atoms with Gasteiger partial charge < -0.3 is 40.0 Å². The van der Waals surface area contributed by atoms with Gasteiger partial charge in [0.05, 0.1) is 49.3 Å². The summed E-state index contributed by atoms with van der Waals surface area (Å²) in [5, 5.41) is 9.28. The Kier molecular flexibility index (Phi) is 15.8. The second-order valence-corrected chi connectivity index (χ2v) is 17.0. The first-order chi connectivity index (χ1) is 28.6. The molecule has 1 aromatic rings. The normalized spacial score (nSPS) is 23.6. The fourth-order valence-electron chi connectivity index (χ4n) is 9.04. The van der Waals surface area contributed by atoms with E-state index in [0.29, 0.717) is 45.2 Å². The summed E-state index contributed by atoms with van der Waals surface area (Å²) < 4.78 is 33.3. The van der Waals surface area contributed by atoms with Crippen molar-refractivity contribution in [2.75, 3.05) is 60.4 Å². The molecule has 4 rings (SSSR count). The van der Waals surface area contributed by atoms with Gasteiger partial charge in [0.1, 0.15) is 12.1 Å². The molecule has 4 amide bonds. The highest BCUT2D eigenvalue weighted by molar-refractivity contribution is 5.92. The molecule has 3 N–H and O–H groups in total. The van der Waals surface area contributed by atoms with Crippen LogP contribution in [0.1, 0.15) is 100 Å². The molecular formula is C44H72N6O8. The molecule has 3 heterocycles. The predicted octanol–water partition coefficient (Wildman–Crippen LogP) is 3.79. The standard InChI is InChI=1S/C44H72N6O8/c1-12-28(4)38(49(8)41(53)37(27(2)3)47-43(55)44(6)20-15-22-48(44)7)35(56-9)26-36(51)50-23-14-17-34(50)39(57-10)29(5)40(52)46-33(42(54)58-11)25-30-18-19-32-31(24-30)16-13-21-45-32/h18-19,24,27-29,33-35,37-39,45H,12-17,20-23,25-26H2,1-11H3,(H,46,52)(H,47,55)/t28-,29+,33-,34-,35+,37-,38-,39+,44-/m0/s1/i6D,7D. The molecule has 0 radical (unpaired) electrons. The van der Waals surface area contributed by atoms with Crippen molar-refractivity contribution in [1.29, 1.82) is 0 Å². The Morgan fingerprint density at radius 1 is 1.03 bits per heavy atom. The number of hydrogen-bond acceptors (Lipinski definition) is 10. The topological polar surface area (TPSA) is 159 Å². The van der Waals surface area contributed by atoms with E-state index in [1.165, 1.54) is 26.9 Å². The van der Waals surface area contributed by atoms with Crippen LogP contribution in [-0.2, 0) is 51.0 Å². The van der Waals surface area contributed by atoms with Crippen molar-refractivity contribution >= 4 is 35.3 Å². The van der Waals surface area contributed by atoms with Crippen LogP contribution in [0.5, 0.6) is 0 Å². The molecule has 1 aromatic carbocycles. The molecule has 0 spiro atoms. The van der Waals surface area contributed by atoms with E-state index < -0.39 is 59.7 Å². The minimum absolute atomic E-state index is 0.0313. The number of likely N-dealkylation sites (N-methyl/N-ethyl adjacent to an activating group) is 2. The van der Waals surface area contributed by atoms with E-state index >= 15 is 0 Å². The van der Waals surface area contributed by atoms with Crippen LogP contribution in [0, 0.1) is 17.8 Å². The Balaban J connectivity index is 1.48. The Morgan fingerprint density at radius 3 is 2.43 bits per heavy atom. The zero-order valence-electron chi connectivity index (χ0n) is 38.4. The lowest BCUT2D eigenvalue weighted by atomic mass is 9.89. The van der Waals surface area contributed by atoms with Crippen LogP contribution in [0.3, 0.4) is 0 Å². The SMILES string of the molecule is [2H]CN1CCC[C@@]1(C[2H])C(=O)N[C@H](C(=O)N(C)[C@@H]([C@@H](C)CC)[C@@H](CC(=O)N1CCC[C@H]1[C@H](OC)[C@@H](C)C(=O)N[C@@H](Cc1ccc2c(c1)CCCN2)C(=O)OC)OC)C(C)C. The van der Waals surface area contributed by atoms with Crippen LogP contribution >= 0.6 is 0 Å². The van der Waals surface area contributed by atoms with Crippen molar-refractivity contribution in [2.24, 2.45) is 17.8 Å². The van der Waals surface area contributed by atoms with Gasteiger partial charge in [-0.1, -0.05) is 53.2 Å². The van der Waals surface area contributed by atoms with Gasteiger partial charge in [0.25, 0.3) is 0 Å². The lowest BCUT2D eigenvalue weighted by Crippen LogP contribution is -2.61. The Hall–Kier alpha value is -3.75. The zero-order valence-corrected chi connectivity index (χ0v) is 36.4. The minimum Gasteiger partial charge on any atom is -0.467 e. The van der Waals surface area contributed by atoms with Crippen LogP contribution in [0.25, 0.3) is 0 Å². The predicted molar refractivity (Wildman–Crippen MR) is 224 cm³/mol. The molecule has 0 unspecified atom stereocenters. The molecule has 9 atom stereocenters. The number of benzene rings is 1. The molecule has 0 bridgehead atoms. The lowest BCUT2D eigenvalue weighted by Gasteiger charge is -2.41. The van der Waals surface area contributed by atoms with Crippen LogP contribution in [0.15, 0.2) is 18.2 Å². The highest BCUT2D eigenvalue weighted by Crippen LogP contribution is 2.31. The second-order valence-electron chi connectivity index (χ2n) is 17.0. The van der Waals surface area contributed by atoms with E-state index in [1.54, 1.807) is 28.7 Å². The number of likely N-dealkylation sites (tertiary alicyclic amines) is 2. The van der Waals surface area contributed by atoms with Gasteiger partial charge in [0.2, 0.25) is 23.6 Å². The Morgan fingerprint density at radius 2 is 1.79 bits per heavy atom. The summed E-state index contributed by atoms with van der Waals surface area (Å²) in [6.45, 7) is 11.2. The van der Waals surface area contributed by atoms with Crippen molar-refractivity contribution in [1.82, 2.24) is 25.3 Å². The van der Waals surface area contributed by atoms with Crippen molar-refractivity contribution < 1.29 is 40.9 Å². The fraction of sp³-hybridized carbons (Fsp3) is 0.750. The molecule has 58 heavy (non-hydrogen) atoms. The van der Waals surface area contributed by atoms with Gasteiger partial charge in [0, 0.05) is 49.2 Å². The maximum Gasteiger partial charge on any atom is 0.328 e. The number of fused-ring (bicyclic) bond motifs is 1. The molecule has 326 valence electrons. The number of nitrogens with one attached hydrogen (secondary N) is 3. The zero-order chi connectivity index (χ0) is 44.3. The quantitative estimate of drug-likeness (QED) is 0.176. The highest BCUT2D eigenvalue weighted by atomic mass is 16.5. The van der Waals surface area contributed by atoms with Gasteiger partial charge in [0.15, 0.2) is 0 Å². The first kappa shape index (κ1) is 43.8. The summed E-state index contributed by atoms with van der Waals surface area (Å²) in [5.74, 6) is -2.94. The lowest BCUT2D eigenvalue weighted by molar-refractivity contribution is -0.149. The molecule has 14 heteroatoms. The number of aryl methyl sites for hydroxylation is 1. The fourth-order valence-corrected chi connectivity index (χ4v) is 9.04. The van der Waals surface area contributed by atoms with Gasteiger partial charge in [-0.25, -0.2) is 4.79 Å². The number of anilines is 1. The third kappa shape index (κ3) is 10.7. The first-order valence-corrected chi connectivity index (χ1v) is 21.1. The van der Waals surface area contributed by atoms with E-state index in [4.69, 9.17) is 17.0 Å². The first-order valence-electron chi connectivity index (χ1n) is 22.5. The Bertz CT molecular complexity index is 1640. The van der Waals surface area contributed by atoms with Crippen molar-refractivity contribution in [3.63, 3.8) is 0 Å². The highest BCUT2D eigenvalue weighted by Gasteiger charge is 2.45. The third-order valence-electron chi connectivity index (χ3n) is 12.9. The molecule has 2 fully saturated rings. The summed E-state index contributed by atoms with van der Waals surface area (Å²) in [5.41, 5.74) is 2.02. The number of rotatable bonds is 19. The number of amides is 4. The summed E-state index contributed by atoms with van der Waals surface area (Å²) in [6, 6.07) is 3.27. The number of carbonyl (C=O) groups is 5. The molecule has 3 aliphatic rings. The minimum atomic E-state index is -1.15. The van der Waals surface area contributed by atoms with Gasteiger partial charge in [-0.2, -0.15) is 0 Å². The molecule has 3 aliphatic heterocycles. The molecule has 2 saturated heterocycles. The number of carbonyl (C=O) groups excluding carboxylic acids is 5. The maximum atomic E-state index is 14.4. The van der Waals surface area contributed by atoms with E-state index in [-0.39, 0.29) is 56.3 Å². The summed E-state index contributed by atoms with van der Waals surface area (Å²) in [4.78, 5) is 74.5. The van der Waals surface area contributed by atoms with Crippen molar-refractivity contribution in [3.8, 4) is 0 Å². The van der Waals surface area contributed by atoms with Crippen LogP contribution in [0.4, 0.5) is 5.69 Å². The number of methoxy groups -OCH3 is 3. The van der Waals surface area contributed by atoms with Crippen molar-refractivity contribution in [3.05, 3.63) is 29.3 Å². The maximum absolute atomic E-state index is 14.4. The number of nitrogens with zero attached hydrogens (tertiary/aromatic N) is 3. The summed E-state index contributed by atoms with van der Waals surface area (Å²) >= 11 is 0.